The van der Waals surface area contributed by atoms with Gasteiger partial charge in [0, 0.05) is 25.5 Å². The lowest BCUT2D eigenvalue weighted by Gasteiger charge is -2.13. The minimum absolute atomic E-state index is 0.301. The van der Waals surface area contributed by atoms with Gasteiger partial charge in [0.25, 0.3) is 0 Å². The van der Waals surface area contributed by atoms with Crippen LogP contribution in [-0.4, -0.2) is 40.7 Å². The molecule has 2 N–H and O–H groups in total. The Hall–Kier alpha value is -1.85. The van der Waals surface area contributed by atoms with Gasteiger partial charge in [-0.1, -0.05) is 12.1 Å². The molecule has 5 nitrogen and oxygen atoms in total. The van der Waals surface area contributed by atoms with Gasteiger partial charge in [-0.2, -0.15) is 5.10 Å². The van der Waals surface area contributed by atoms with E-state index < -0.39 is 6.10 Å². The van der Waals surface area contributed by atoms with E-state index >= 15 is 0 Å². The molecule has 2 rings (SSSR count). The molecule has 0 fully saturated rings. The highest BCUT2D eigenvalue weighted by atomic mass is 16.5. The molecule has 114 valence electrons. The van der Waals surface area contributed by atoms with Crippen molar-refractivity contribution in [3.63, 3.8) is 0 Å². The molecule has 0 bridgehead atoms. The van der Waals surface area contributed by atoms with Gasteiger partial charge in [-0.05, 0) is 43.7 Å². The van der Waals surface area contributed by atoms with Gasteiger partial charge in [-0.3, -0.25) is 4.68 Å². The Labute approximate surface area is 125 Å². The number of hydrogen-bond acceptors (Lipinski definition) is 4. The molecule has 0 aliphatic carbocycles. The van der Waals surface area contributed by atoms with Crippen molar-refractivity contribution in [1.82, 2.24) is 15.1 Å². The second-order valence-electron chi connectivity index (χ2n) is 5.11. The van der Waals surface area contributed by atoms with Gasteiger partial charge < -0.3 is 15.2 Å². The first-order valence-corrected chi connectivity index (χ1v) is 7.30. The number of ether oxygens (including phenoxy) is 1. The predicted molar refractivity (Wildman–Crippen MR) is 82.4 cm³/mol. The standard InChI is InChI=1S/C16H23N3O2/c1-14-5-2-6-16(11-14)21-13-15(20)12-17-7-3-9-19-10-4-8-18-19/h2,4-6,8,10-11,15,17,20H,3,7,9,12-13H2,1H3. The molecule has 0 amide bonds. The largest absolute Gasteiger partial charge is 0.491 e. The Morgan fingerprint density at radius 1 is 1.38 bits per heavy atom. The van der Waals surface area contributed by atoms with Crippen molar-refractivity contribution in [2.24, 2.45) is 0 Å². The van der Waals surface area contributed by atoms with Crippen LogP contribution in [0, 0.1) is 6.92 Å². The fourth-order valence-corrected chi connectivity index (χ4v) is 2.02. The van der Waals surface area contributed by atoms with Crippen LogP contribution in [0.1, 0.15) is 12.0 Å². The number of benzene rings is 1. The van der Waals surface area contributed by atoms with Crippen molar-refractivity contribution in [2.45, 2.75) is 26.0 Å². The third kappa shape index (κ3) is 5.97. The molecule has 5 heteroatoms. The SMILES string of the molecule is Cc1cccc(OCC(O)CNCCCn2cccn2)c1. The summed E-state index contributed by atoms with van der Waals surface area (Å²) >= 11 is 0. The van der Waals surface area contributed by atoms with Gasteiger partial charge >= 0.3 is 0 Å². The second-order valence-corrected chi connectivity index (χ2v) is 5.11. The molecule has 1 unspecified atom stereocenters. The third-order valence-corrected chi connectivity index (χ3v) is 3.11. The van der Waals surface area contributed by atoms with Gasteiger partial charge in [-0.25, -0.2) is 0 Å². The lowest BCUT2D eigenvalue weighted by Crippen LogP contribution is -2.32. The van der Waals surface area contributed by atoms with Crippen LogP contribution < -0.4 is 10.1 Å². The van der Waals surface area contributed by atoms with Crippen molar-refractivity contribution in [3.8, 4) is 5.75 Å². The minimum atomic E-state index is -0.504. The van der Waals surface area contributed by atoms with E-state index in [1.165, 1.54) is 0 Å². The van der Waals surface area contributed by atoms with Crippen molar-refractivity contribution in [3.05, 3.63) is 48.3 Å². The maximum atomic E-state index is 9.86. The molecule has 0 radical (unpaired) electrons. The Kier molecular flexibility index (Phi) is 6.24. The summed E-state index contributed by atoms with van der Waals surface area (Å²) in [4.78, 5) is 0. The molecule has 1 atom stereocenters. The molecule has 2 aromatic rings. The van der Waals surface area contributed by atoms with E-state index in [9.17, 15) is 5.11 Å². The van der Waals surface area contributed by atoms with Crippen LogP contribution >= 0.6 is 0 Å². The fraction of sp³-hybridized carbons (Fsp3) is 0.438. The van der Waals surface area contributed by atoms with Crippen molar-refractivity contribution < 1.29 is 9.84 Å². The molecule has 1 aromatic heterocycles. The maximum Gasteiger partial charge on any atom is 0.119 e. The van der Waals surface area contributed by atoms with Crippen LogP contribution in [0.2, 0.25) is 0 Å². The zero-order valence-electron chi connectivity index (χ0n) is 12.4. The van der Waals surface area contributed by atoms with Gasteiger partial charge in [0.2, 0.25) is 0 Å². The topological polar surface area (TPSA) is 59.3 Å². The summed E-state index contributed by atoms with van der Waals surface area (Å²) in [6, 6.07) is 9.75. The number of aliphatic hydroxyl groups excluding tert-OH is 1. The molecule has 0 spiro atoms. The number of hydrogen-bond donors (Lipinski definition) is 2. The number of rotatable bonds is 9. The monoisotopic (exact) mass is 289 g/mol. The smallest absolute Gasteiger partial charge is 0.119 e. The summed E-state index contributed by atoms with van der Waals surface area (Å²) in [5, 5.41) is 17.2. The second kappa shape index (κ2) is 8.44. The fourth-order valence-electron chi connectivity index (χ4n) is 2.02. The van der Waals surface area contributed by atoms with E-state index in [0.717, 1.165) is 30.8 Å². The number of aryl methyl sites for hydroxylation is 2. The molecule has 1 aromatic carbocycles. The van der Waals surface area contributed by atoms with E-state index in [2.05, 4.69) is 10.4 Å². The first-order valence-electron chi connectivity index (χ1n) is 7.30. The van der Waals surface area contributed by atoms with Crippen molar-refractivity contribution >= 4 is 0 Å². The Morgan fingerprint density at radius 3 is 3.05 bits per heavy atom. The van der Waals surface area contributed by atoms with Crippen LogP contribution in [-0.2, 0) is 6.54 Å². The third-order valence-electron chi connectivity index (χ3n) is 3.11. The highest BCUT2D eigenvalue weighted by Gasteiger charge is 2.04. The molecule has 0 saturated carbocycles. The van der Waals surface area contributed by atoms with E-state index in [0.29, 0.717) is 13.2 Å². The van der Waals surface area contributed by atoms with Crippen LogP contribution in [0.15, 0.2) is 42.7 Å². The molecule has 0 aliphatic rings. The first-order chi connectivity index (χ1) is 10.2. The molecular weight excluding hydrogens is 266 g/mol. The number of nitrogens with zero attached hydrogens (tertiary/aromatic N) is 2. The Morgan fingerprint density at radius 2 is 2.29 bits per heavy atom. The Bertz CT molecular complexity index is 514. The minimum Gasteiger partial charge on any atom is -0.491 e. The summed E-state index contributed by atoms with van der Waals surface area (Å²) in [6.45, 7) is 4.59. The average Bonchev–Trinajstić information content (AvgIpc) is 2.98. The number of aliphatic hydroxyl groups is 1. The summed E-state index contributed by atoms with van der Waals surface area (Å²) in [7, 11) is 0. The van der Waals surface area contributed by atoms with Crippen LogP contribution in [0.25, 0.3) is 0 Å². The summed E-state index contributed by atoms with van der Waals surface area (Å²) in [6.07, 6.45) is 4.20. The molecular formula is C16H23N3O2. The molecule has 1 heterocycles. The van der Waals surface area contributed by atoms with E-state index in [4.69, 9.17) is 4.74 Å². The number of aromatic nitrogens is 2. The number of nitrogens with one attached hydrogen (secondary N) is 1. The van der Waals surface area contributed by atoms with Crippen LogP contribution in [0.3, 0.4) is 0 Å². The zero-order valence-corrected chi connectivity index (χ0v) is 12.4. The quantitative estimate of drug-likeness (QED) is 0.689. The molecule has 21 heavy (non-hydrogen) atoms. The highest BCUT2D eigenvalue weighted by molar-refractivity contribution is 5.27. The zero-order chi connectivity index (χ0) is 14.9. The first kappa shape index (κ1) is 15.5. The van der Waals surface area contributed by atoms with Gasteiger partial charge in [-0.15, -0.1) is 0 Å². The van der Waals surface area contributed by atoms with Gasteiger partial charge in [0.05, 0.1) is 0 Å². The van der Waals surface area contributed by atoms with E-state index in [1.807, 2.05) is 48.1 Å². The summed E-state index contributed by atoms with van der Waals surface area (Å²) < 4.78 is 7.46. The van der Waals surface area contributed by atoms with E-state index in [-0.39, 0.29) is 0 Å². The lowest BCUT2D eigenvalue weighted by molar-refractivity contribution is 0.106. The molecule has 0 aliphatic heterocycles. The average molecular weight is 289 g/mol. The van der Waals surface area contributed by atoms with Crippen molar-refractivity contribution in [2.75, 3.05) is 19.7 Å². The molecule has 0 saturated heterocycles. The van der Waals surface area contributed by atoms with Crippen molar-refractivity contribution in [1.29, 1.82) is 0 Å². The lowest BCUT2D eigenvalue weighted by atomic mass is 10.2. The van der Waals surface area contributed by atoms with E-state index in [1.54, 1.807) is 6.20 Å². The summed E-state index contributed by atoms with van der Waals surface area (Å²) in [5.74, 6) is 0.799. The van der Waals surface area contributed by atoms with Gasteiger partial charge in [0.15, 0.2) is 0 Å². The normalized spacial score (nSPS) is 12.3. The highest BCUT2D eigenvalue weighted by Crippen LogP contribution is 2.12. The summed E-state index contributed by atoms with van der Waals surface area (Å²) in [5.41, 5.74) is 1.15. The predicted octanol–water partition coefficient (Wildman–Crippen LogP) is 1.61. The van der Waals surface area contributed by atoms with Crippen LogP contribution in [0.4, 0.5) is 0 Å². The van der Waals surface area contributed by atoms with Crippen LogP contribution in [0.5, 0.6) is 5.75 Å². The van der Waals surface area contributed by atoms with Gasteiger partial charge in [0.1, 0.15) is 18.5 Å². The Balaban J connectivity index is 1.54. The maximum absolute atomic E-state index is 9.86.